The van der Waals surface area contributed by atoms with Gasteiger partial charge in [0.15, 0.2) is 0 Å². The molecule has 1 heterocycles. The van der Waals surface area contributed by atoms with Crippen molar-refractivity contribution in [1.82, 2.24) is 0 Å². The van der Waals surface area contributed by atoms with E-state index in [1.165, 1.54) is 0 Å². The molecule has 96 valence electrons. The lowest BCUT2D eigenvalue weighted by atomic mass is 9.84. The zero-order valence-electron chi connectivity index (χ0n) is 11.4. The van der Waals surface area contributed by atoms with Crippen LogP contribution < -0.4 is 0 Å². The summed E-state index contributed by atoms with van der Waals surface area (Å²) in [6.07, 6.45) is 9.20. The third kappa shape index (κ3) is 2.99. The molecule has 2 rings (SSSR count). The van der Waals surface area contributed by atoms with Crippen LogP contribution in [0.3, 0.4) is 0 Å². The van der Waals surface area contributed by atoms with Gasteiger partial charge in [-0.05, 0) is 44.1 Å². The van der Waals surface area contributed by atoms with Crippen LogP contribution in [0.2, 0.25) is 0 Å². The van der Waals surface area contributed by atoms with Gasteiger partial charge in [-0.25, -0.2) is 0 Å². The Labute approximate surface area is 104 Å². The predicted octanol–water partition coefficient (Wildman–Crippen LogP) is 3.22. The maximum atomic E-state index is 9.98. The monoisotopic (exact) mass is 236 g/mol. The second-order valence-corrected chi connectivity index (χ2v) is 6.40. The molecule has 0 aromatic heterocycles. The Hall–Kier alpha value is -0.600. The minimum atomic E-state index is -0.433. The topological polar surface area (TPSA) is 32.8 Å². The van der Waals surface area contributed by atoms with Crippen LogP contribution in [0.1, 0.15) is 47.0 Å². The van der Waals surface area contributed by atoms with Gasteiger partial charge in [0, 0.05) is 0 Å². The number of fused-ring (bicyclic) bond motifs is 1. The van der Waals surface area contributed by atoms with Crippen LogP contribution in [0, 0.1) is 5.41 Å². The lowest BCUT2D eigenvalue weighted by Gasteiger charge is -2.20. The fraction of sp³-hybridized carbons (Fsp3) is 0.733. The Bertz CT molecular complexity index is 354. The van der Waals surface area contributed by atoms with Gasteiger partial charge in [0.25, 0.3) is 0 Å². The van der Waals surface area contributed by atoms with Crippen LogP contribution in [0.5, 0.6) is 0 Å². The number of ether oxygens (including phenoxy) is 1. The number of hydrogen-bond donors (Lipinski definition) is 1. The van der Waals surface area contributed by atoms with E-state index in [2.05, 4.69) is 32.9 Å². The van der Waals surface area contributed by atoms with Gasteiger partial charge in [-0.1, -0.05) is 32.1 Å². The quantitative estimate of drug-likeness (QED) is 0.517. The zero-order chi connectivity index (χ0) is 12.7. The molecule has 2 heteroatoms. The van der Waals surface area contributed by atoms with E-state index in [9.17, 15) is 5.11 Å². The van der Waals surface area contributed by atoms with Crippen molar-refractivity contribution in [3.05, 3.63) is 23.8 Å². The van der Waals surface area contributed by atoms with Gasteiger partial charge < -0.3 is 9.84 Å². The molecule has 1 N–H and O–H groups in total. The van der Waals surface area contributed by atoms with E-state index in [0.717, 1.165) is 24.8 Å². The number of aliphatic hydroxyl groups excluding tert-OH is 1. The van der Waals surface area contributed by atoms with Crippen molar-refractivity contribution in [3.8, 4) is 0 Å². The van der Waals surface area contributed by atoms with Crippen molar-refractivity contribution in [3.63, 3.8) is 0 Å². The number of epoxide rings is 1. The van der Waals surface area contributed by atoms with Gasteiger partial charge in [0.2, 0.25) is 0 Å². The molecule has 17 heavy (non-hydrogen) atoms. The smallest absolute Gasteiger partial charge is 0.0929 e. The highest BCUT2D eigenvalue weighted by molar-refractivity contribution is 5.17. The van der Waals surface area contributed by atoms with Crippen LogP contribution in [-0.2, 0) is 4.74 Å². The average molecular weight is 236 g/mol. The molecule has 0 radical (unpaired) electrons. The molecule has 1 saturated heterocycles. The fourth-order valence-corrected chi connectivity index (χ4v) is 2.52. The summed E-state index contributed by atoms with van der Waals surface area (Å²) >= 11 is 0. The van der Waals surface area contributed by atoms with E-state index in [-0.39, 0.29) is 11.0 Å². The van der Waals surface area contributed by atoms with Gasteiger partial charge in [0.1, 0.15) is 0 Å². The summed E-state index contributed by atoms with van der Waals surface area (Å²) in [6.45, 7) is 8.60. The number of aliphatic hydroxyl groups is 1. The zero-order valence-corrected chi connectivity index (χ0v) is 11.4. The number of rotatable bonds is 0. The SMILES string of the molecule is C/C1=C/CC[C@]2(C)O[C@H]2CC(C)(C)/C=C\[C@H]1O. The van der Waals surface area contributed by atoms with Gasteiger partial charge in [-0.3, -0.25) is 0 Å². The van der Waals surface area contributed by atoms with Crippen molar-refractivity contribution in [2.24, 2.45) is 5.41 Å². The largest absolute Gasteiger partial charge is 0.385 e. The third-order valence-corrected chi connectivity index (χ3v) is 4.05. The molecule has 0 amide bonds. The van der Waals surface area contributed by atoms with Gasteiger partial charge >= 0.3 is 0 Å². The molecular weight excluding hydrogens is 212 g/mol. The van der Waals surface area contributed by atoms with Crippen molar-refractivity contribution in [2.75, 3.05) is 0 Å². The number of allylic oxidation sites excluding steroid dienone is 2. The molecule has 3 atom stereocenters. The molecule has 1 aliphatic carbocycles. The van der Waals surface area contributed by atoms with E-state index < -0.39 is 6.10 Å². The molecular formula is C15H24O2. The lowest BCUT2D eigenvalue weighted by molar-refractivity contribution is 0.252. The maximum Gasteiger partial charge on any atom is 0.0929 e. The summed E-state index contributed by atoms with van der Waals surface area (Å²) in [6, 6.07) is 0. The van der Waals surface area contributed by atoms with Crippen molar-refractivity contribution < 1.29 is 9.84 Å². The minimum absolute atomic E-state index is 0.0666. The van der Waals surface area contributed by atoms with Gasteiger partial charge in [0.05, 0.1) is 17.8 Å². The Morgan fingerprint density at radius 2 is 2.06 bits per heavy atom. The van der Waals surface area contributed by atoms with Crippen LogP contribution in [0.4, 0.5) is 0 Å². The Balaban J connectivity index is 2.18. The minimum Gasteiger partial charge on any atom is -0.385 e. The first-order valence-electron chi connectivity index (χ1n) is 6.54. The van der Waals surface area contributed by atoms with E-state index >= 15 is 0 Å². The Morgan fingerprint density at radius 3 is 2.76 bits per heavy atom. The van der Waals surface area contributed by atoms with Crippen LogP contribution in [0.15, 0.2) is 23.8 Å². The normalized spacial score (nSPS) is 46.1. The molecule has 0 saturated carbocycles. The summed E-state index contributed by atoms with van der Waals surface area (Å²) in [4.78, 5) is 0. The molecule has 0 bridgehead atoms. The highest BCUT2D eigenvalue weighted by Crippen LogP contribution is 2.46. The molecule has 2 nitrogen and oxygen atoms in total. The van der Waals surface area contributed by atoms with Crippen LogP contribution >= 0.6 is 0 Å². The number of hydrogen-bond acceptors (Lipinski definition) is 2. The second-order valence-electron chi connectivity index (χ2n) is 6.40. The van der Waals surface area contributed by atoms with E-state index in [1.807, 2.05) is 13.0 Å². The Morgan fingerprint density at radius 1 is 1.35 bits per heavy atom. The average Bonchev–Trinajstić information content (AvgIpc) is 2.83. The van der Waals surface area contributed by atoms with Crippen molar-refractivity contribution in [2.45, 2.75) is 64.8 Å². The fourth-order valence-electron chi connectivity index (χ4n) is 2.52. The molecule has 2 aliphatic rings. The molecule has 0 aromatic rings. The van der Waals surface area contributed by atoms with E-state index in [0.29, 0.717) is 6.10 Å². The summed E-state index contributed by atoms with van der Waals surface area (Å²) in [5.41, 5.74) is 1.20. The summed E-state index contributed by atoms with van der Waals surface area (Å²) in [7, 11) is 0. The molecule has 0 spiro atoms. The van der Waals surface area contributed by atoms with Gasteiger partial charge in [-0.15, -0.1) is 0 Å². The summed E-state index contributed by atoms with van der Waals surface area (Å²) in [5.74, 6) is 0. The van der Waals surface area contributed by atoms with E-state index in [1.54, 1.807) is 0 Å². The van der Waals surface area contributed by atoms with Crippen LogP contribution in [0.25, 0.3) is 0 Å². The highest BCUT2D eigenvalue weighted by atomic mass is 16.6. The first-order valence-corrected chi connectivity index (χ1v) is 6.54. The predicted molar refractivity (Wildman–Crippen MR) is 69.8 cm³/mol. The molecule has 0 aromatic carbocycles. The maximum absolute atomic E-state index is 9.98. The lowest BCUT2D eigenvalue weighted by Crippen LogP contribution is -2.17. The molecule has 1 fully saturated rings. The first kappa shape index (κ1) is 12.8. The second kappa shape index (κ2) is 4.25. The highest BCUT2D eigenvalue weighted by Gasteiger charge is 2.52. The molecule has 0 unspecified atom stereocenters. The van der Waals surface area contributed by atoms with Crippen molar-refractivity contribution in [1.29, 1.82) is 0 Å². The summed E-state index contributed by atoms with van der Waals surface area (Å²) in [5, 5.41) is 9.98. The van der Waals surface area contributed by atoms with Crippen molar-refractivity contribution >= 4 is 0 Å². The third-order valence-electron chi connectivity index (χ3n) is 4.05. The summed E-state index contributed by atoms with van der Waals surface area (Å²) < 4.78 is 5.85. The van der Waals surface area contributed by atoms with Crippen LogP contribution in [-0.4, -0.2) is 22.9 Å². The Kier molecular flexibility index (Phi) is 3.21. The standard InChI is InChI=1S/C15H24O2/c1-11-6-5-8-15(4)13(17-15)10-14(2,3)9-7-12(11)16/h6-7,9,12-13,16H,5,8,10H2,1-4H3/b9-7-,11-6-/t12-,13+,15+/m1/s1. The molecule has 1 aliphatic heterocycles. The van der Waals surface area contributed by atoms with Gasteiger partial charge in [-0.2, -0.15) is 0 Å². The van der Waals surface area contributed by atoms with E-state index in [4.69, 9.17) is 4.74 Å². The first-order chi connectivity index (χ1) is 7.82.